The van der Waals surface area contributed by atoms with E-state index in [4.69, 9.17) is 5.73 Å². The Morgan fingerprint density at radius 1 is 1.40 bits per heavy atom. The van der Waals surface area contributed by atoms with Crippen molar-refractivity contribution in [1.29, 1.82) is 0 Å². The molecule has 1 aliphatic carbocycles. The summed E-state index contributed by atoms with van der Waals surface area (Å²) in [5, 5.41) is 0. The smallest absolute Gasteiger partial charge is 0.0402 e. The Labute approximate surface area is 61.4 Å². The molecule has 2 saturated heterocycles. The Morgan fingerprint density at radius 2 is 2.30 bits per heavy atom. The molecular formula is C8H14N2. The second-order valence-corrected chi connectivity index (χ2v) is 4.07. The van der Waals surface area contributed by atoms with Gasteiger partial charge in [0.05, 0.1) is 0 Å². The molecule has 3 rings (SSSR count). The maximum atomic E-state index is 6.00. The maximum absolute atomic E-state index is 6.00. The van der Waals surface area contributed by atoms with Crippen LogP contribution in [-0.4, -0.2) is 29.6 Å². The number of nitrogens with zero attached hydrogens (tertiary/aromatic N) is 1. The van der Waals surface area contributed by atoms with Gasteiger partial charge in [-0.3, -0.25) is 4.90 Å². The average molecular weight is 138 g/mol. The second-order valence-electron chi connectivity index (χ2n) is 4.07. The molecule has 3 fully saturated rings. The number of nitrogens with two attached hydrogens (primary N) is 1. The van der Waals surface area contributed by atoms with Crippen LogP contribution in [0, 0.1) is 5.92 Å². The molecule has 2 heteroatoms. The van der Waals surface area contributed by atoms with Crippen LogP contribution in [0.1, 0.15) is 19.3 Å². The average Bonchev–Trinajstić information content (AvgIpc) is 2.00. The van der Waals surface area contributed by atoms with Crippen LogP contribution in [0.3, 0.4) is 0 Å². The zero-order valence-corrected chi connectivity index (χ0v) is 6.21. The Kier molecular flexibility index (Phi) is 0.783. The summed E-state index contributed by atoms with van der Waals surface area (Å²) in [7, 11) is 0. The van der Waals surface area contributed by atoms with Crippen LogP contribution in [0.25, 0.3) is 0 Å². The van der Waals surface area contributed by atoms with Crippen molar-refractivity contribution in [2.75, 3.05) is 13.1 Å². The number of hydrogen-bond acceptors (Lipinski definition) is 2. The van der Waals surface area contributed by atoms with E-state index in [0.717, 1.165) is 5.92 Å². The molecule has 0 aromatic heterocycles. The first-order valence-corrected chi connectivity index (χ1v) is 4.35. The predicted octanol–water partition coefficient (Wildman–Crippen LogP) is 0.182. The van der Waals surface area contributed by atoms with E-state index >= 15 is 0 Å². The minimum Gasteiger partial charge on any atom is -0.325 e. The molecule has 2 heterocycles. The summed E-state index contributed by atoms with van der Waals surface area (Å²) in [6, 6.07) is 0.522. The van der Waals surface area contributed by atoms with Gasteiger partial charge in [-0.25, -0.2) is 0 Å². The summed E-state index contributed by atoms with van der Waals surface area (Å²) in [6.45, 7) is 2.51. The van der Waals surface area contributed by atoms with Crippen molar-refractivity contribution in [3.05, 3.63) is 0 Å². The van der Waals surface area contributed by atoms with Gasteiger partial charge in [-0.2, -0.15) is 0 Å². The normalized spacial score (nSPS) is 58.5. The largest absolute Gasteiger partial charge is 0.325 e. The van der Waals surface area contributed by atoms with Gasteiger partial charge in [0.25, 0.3) is 0 Å². The third-order valence-corrected chi connectivity index (χ3v) is 4.00. The van der Waals surface area contributed by atoms with Crippen LogP contribution >= 0.6 is 0 Å². The van der Waals surface area contributed by atoms with E-state index < -0.39 is 0 Å². The highest BCUT2D eigenvalue weighted by atomic mass is 15.3. The fourth-order valence-electron chi connectivity index (χ4n) is 3.24. The van der Waals surface area contributed by atoms with E-state index in [9.17, 15) is 0 Å². The quantitative estimate of drug-likeness (QED) is 0.517. The molecule has 2 nitrogen and oxygen atoms in total. The molecule has 0 amide bonds. The van der Waals surface area contributed by atoms with Crippen molar-refractivity contribution in [3.63, 3.8) is 0 Å². The zero-order valence-electron chi connectivity index (χ0n) is 6.21. The summed E-state index contributed by atoms with van der Waals surface area (Å²) >= 11 is 0. The Bertz CT molecular complexity index is 169. The molecule has 56 valence electrons. The van der Waals surface area contributed by atoms with Gasteiger partial charge < -0.3 is 5.73 Å². The van der Waals surface area contributed by atoms with Crippen LogP contribution in [0.15, 0.2) is 0 Å². The van der Waals surface area contributed by atoms with Gasteiger partial charge in [-0.15, -0.1) is 0 Å². The van der Waals surface area contributed by atoms with Crippen LogP contribution in [-0.2, 0) is 0 Å². The van der Waals surface area contributed by atoms with Crippen molar-refractivity contribution in [2.45, 2.75) is 30.8 Å². The van der Waals surface area contributed by atoms with Crippen LogP contribution in [0.5, 0.6) is 0 Å². The van der Waals surface area contributed by atoms with Gasteiger partial charge in [-0.05, 0) is 31.7 Å². The van der Waals surface area contributed by atoms with Gasteiger partial charge >= 0.3 is 0 Å². The summed E-state index contributed by atoms with van der Waals surface area (Å²) in [5.41, 5.74) is 6.54. The first-order chi connectivity index (χ1) is 4.84. The summed E-state index contributed by atoms with van der Waals surface area (Å²) in [6.07, 6.45) is 4.26. The molecule has 0 aromatic carbocycles. The first kappa shape index (κ1) is 5.56. The zero-order chi connectivity index (χ0) is 6.77. The fraction of sp³-hybridized carbons (Fsp3) is 1.00. The summed E-state index contributed by atoms with van der Waals surface area (Å²) < 4.78 is 0. The van der Waals surface area contributed by atoms with E-state index in [1.54, 1.807) is 0 Å². The van der Waals surface area contributed by atoms with Crippen molar-refractivity contribution < 1.29 is 0 Å². The highest BCUT2D eigenvalue weighted by Gasteiger charge is 2.64. The van der Waals surface area contributed by atoms with Crippen molar-refractivity contribution in [1.82, 2.24) is 4.90 Å². The van der Waals surface area contributed by atoms with Crippen LogP contribution in [0.4, 0.5) is 0 Å². The Balaban J connectivity index is 1.96. The summed E-state index contributed by atoms with van der Waals surface area (Å²) in [5.74, 6) is 0.983. The molecule has 10 heavy (non-hydrogen) atoms. The molecule has 2 N–H and O–H groups in total. The van der Waals surface area contributed by atoms with Gasteiger partial charge in [0.15, 0.2) is 0 Å². The van der Waals surface area contributed by atoms with Gasteiger partial charge in [-0.1, -0.05) is 0 Å². The fourth-order valence-corrected chi connectivity index (χ4v) is 3.24. The lowest BCUT2D eigenvalue weighted by atomic mass is 9.59. The van der Waals surface area contributed by atoms with Gasteiger partial charge in [0, 0.05) is 18.1 Å². The Morgan fingerprint density at radius 3 is 2.70 bits per heavy atom. The molecule has 3 aliphatic rings. The maximum Gasteiger partial charge on any atom is 0.0402 e. The molecule has 2 aliphatic heterocycles. The van der Waals surface area contributed by atoms with Gasteiger partial charge in [0.1, 0.15) is 0 Å². The lowest BCUT2D eigenvalue weighted by Crippen LogP contribution is -2.76. The van der Waals surface area contributed by atoms with E-state index in [-0.39, 0.29) is 0 Å². The van der Waals surface area contributed by atoms with E-state index in [1.807, 2.05) is 0 Å². The Hall–Kier alpha value is -0.0800. The SMILES string of the molecule is NC1CN2CCC3CCC132. The third kappa shape index (κ3) is 0.350. The van der Waals surface area contributed by atoms with E-state index in [1.165, 1.54) is 32.4 Å². The first-order valence-electron chi connectivity index (χ1n) is 4.35. The van der Waals surface area contributed by atoms with E-state index in [0.29, 0.717) is 11.6 Å². The number of rotatable bonds is 0. The van der Waals surface area contributed by atoms with Gasteiger partial charge in [0.2, 0.25) is 0 Å². The van der Waals surface area contributed by atoms with Crippen LogP contribution in [0.2, 0.25) is 0 Å². The molecule has 0 bridgehead atoms. The van der Waals surface area contributed by atoms with Crippen molar-refractivity contribution in [3.8, 4) is 0 Å². The predicted molar refractivity (Wildman–Crippen MR) is 39.6 cm³/mol. The molecule has 0 radical (unpaired) electrons. The third-order valence-electron chi connectivity index (χ3n) is 4.00. The monoisotopic (exact) mass is 138 g/mol. The minimum absolute atomic E-state index is 0.522. The minimum atomic E-state index is 0.522. The highest BCUT2D eigenvalue weighted by Crippen LogP contribution is 2.56. The summed E-state index contributed by atoms with van der Waals surface area (Å²) in [4.78, 5) is 2.60. The standard InChI is InChI=1S/C8H14N2/c9-7-5-10-4-2-6-1-3-8(6,7)10/h6-7H,1-5,9H2. The topological polar surface area (TPSA) is 29.3 Å². The molecule has 0 aromatic rings. The molecular weight excluding hydrogens is 124 g/mol. The molecule has 3 unspecified atom stereocenters. The van der Waals surface area contributed by atoms with Crippen molar-refractivity contribution >= 4 is 0 Å². The number of hydrogen-bond donors (Lipinski definition) is 1. The lowest BCUT2D eigenvalue weighted by Gasteiger charge is -2.62. The van der Waals surface area contributed by atoms with E-state index in [2.05, 4.69) is 4.90 Å². The van der Waals surface area contributed by atoms with Crippen LogP contribution < -0.4 is 5.73 Å². The second kappa shape index (κ2) is 1.41. The molecule has 1 saturated carbocycles. The van der Waals surface area contributed by atoms with Crippen molar-refractivity contribution in [2.24, 2.45) is 11.7 Å². The highest BCUT2D eigenvalue weighted by molar-refractivity contribution is 5.21. The molecule has 1 spiro atoms. The molecule has 3 atom stereocenters. The lowest BCUT2D eigenvalue weighted by molar-refractivity contribution is -0.0871.